The van der Waals surface area contributed by atoms with E-state index in [1.807, 2.05) is 32.9 Å². The molecule has 2 N–H and O–H groups in total. The number of Topliss-reactive ketones (excluding diaryl/α,β-unsaturated/α-hetero) is 1. The van der Waals surface area contributed by atoms with Crippen molar-refractivity contribution in [3.63, 3.8) is 0 Å². The second-order valence-electron chi connectivity index (χ2n) is 14.6. The average molecular weight is 475 g/mol. The summed E-state index contributed by atoms with van der Waals surface area (Å²) in [4.78, 5) is 17.4. The molecule has 34 heavy (non-hydrogen) atoms. The van der Waals surface area contributed by atoms with Crippen molar-refractivity contribution in [3.05, 3.63) is 12.2 Å². The van der Waals surface area contributed by atoms with Crippen molar-refractivity contribution in [2.75, 3.05) is 0 Å². The molecule has 4 nitrogen and oxygen atoms in total. The molecular formula is C30H50O4. The Bertz CT molecular complexity index is 841. The molecule has 0 amide bonds. The molecule has 0 bridgehead atoms. The maximum Gasteiger partial charge on any atom is 0.138 e. The molecule has 0 saturated heterocycles. The highest BCUT2D eigenvalue weighted by molar-refractivity contribution is 5.85. The highest BCUT2D eigenvalue weighted by atomic mass is 17.1. The second-order valence-corrected chi connectivity index (χ2v) is 14.6. The fourth-order valence-corrected chi connectivity index (χ4v) is 10.1. The zero-order valence-corrected chi connectivity index (χ0v) is 23.0. The summed E-state index contributed by atoms with van der Waals surface area (Å²) in [5.41, 5.74) is -1.00. The largest absolute Gasteiger partial charge is 0.390 e. The van der Waals surface area contributed by atoms with Crippen LogP contribution in [0.5, 0.6) is 0 Å². The van der Waals surface area contributed by atoms with Crippen LogP contribution in [0.4, 0.5) is 0 Å². The number of rotatable bonds is 5. The summed E-state index contributed by atoms with van der Waals surface area (Å²) in [6, 6.07) is 0. The number of ketones is 1. The molecule has 4 aliphatic carbocycles. The van der Waals surface area contributed by atoms with Gasteiger partial charge in [-0.3, -0.25) is 10.1 Å². The Morgan fingerprint density at radius 1 is 0.941 bits per heavy atom. The van der Waals surface area contributed by atoms with Gasteiger partial charge in [-0.2, -0.15) is 0 Å². The fraction of sp³-hybridized carbons (Fsp3) is 0.900. The first-order valence-corrected chi connectivity index (χ1v) is 13.8. The van der Waals surface area contributed by atoms with E-state index >= 15 is 0 Å². The average Bonchev–Trinajstić information content (AvgIpc) is 3.10. The van der Waals surface area contributed by atoms with Gasteiger partial charge >= 0.3 is 0 Å². The maximum atomic E-state index is 12.9. The Morgan fingerprint density at radius 2 is 1.59 bits per heavy atom. The lowest BCUT2D eigenvalue weighted by Gasteiger charge is -2.69. The van der Waals surface area contributed by atoms with E-state index in [4.69, 9.17) is 5.26 Å². The molecule has 0 aromatic carbocycles. The summed E-state index contributed by atoms with van der Waals surface area (Å²) >= 11 is 0. The zero-order chi connectivity index (χ0) is 25.4. The summed E-state index contributed by atoms with van der Waals surface area (Å²) in [6.45, 7) is 17.7. The Hall–Kier alpha value is -0.710. The molecule has 0 unspecified atom stereocenters. The molecule has 4 aliphatic rings. The Balaban J connectivity index is 1.60. The fourth-order valence-electron chi connectivity index (χ4n) is 10.1. The highest BCUT2D eigenvalue weighted by Crippen LogP contribution is 2.75. The number of fused-ring (bicyclic) bond motifs is 5. The van der Waals surface area contributed by atoms with Gasteiger partial charge in [0, 0.05) is 11.8 Å². The Labute approximate surface area is 207 Å². The molecule has 0 aromatic heterocycles. The Kier molecular flexibility index (Phi) is 6.32. The summed E-state index contributed by atoms with van der Waals surface area (Å²) in [5.74, 6) is 2.42. The van der Waals surface area contributed by atoms with Gasteiger partial charge in [0.2, 0.25) is 0 Å². The monoisotopic (exact) mass is 474 g/mol. The number of carbonyl (C=O) groups excluding carboxylic acids is 1. The lowest BCUT2D eigenvalue weighted by Crippen LogP contribution is -2.63. The van der Waals surface area contributed by atoms with Crippen molar-refractivity contribution in [2.24, 2.45) is 45.3 Å². The van der Waals surface area contributed by atoms with Gasteiger partial charge in [0.05, 0.1) is 5.60 Å². The molecule has 0 aliphatic heterocycles. The minimum Gasteiger partial charge on any atom is -0.390 e. The molecule has 4 fully saturated rings. The number of hydrogen-bond acceptors (Lipinski definition) is 4. The minimum absolute atomic E-state index is 0.202. The summed E-state index contributed by atoms with van der Waals surface area (Å²) in [7, 11) is 0. The van der Waals surface area contributed by atoms with Crippen molar-refractivity contribution in [1.29, 1.82) is 0 Å². The highest BCUT2D eigenvalue weighted by Gasteiger charge is 2.69. The standard InChI is InChI=1S/C30H50O4/c1-25(2,34-33)15-9-16-30(8,32)21-12-18-28(6)20(21)10-11-23-27(5)17-14-24(31)26(3,4)22(27)13-19-29(23,28)7/h9,15,20-23,32-33H,10-14,16-19H2,1-8H3/b15-9+/t20-,21+,22+,23-,27+,28-,29-,30-/m1/s1. The van der Waals surface area contributed by atoms with E-state index in [0.29, 0.717) is 30.0 Å². The minimum atomic E-state index is -0.770. The topological polar surface area (TPSA) is 66.8 Å². The lowest BCUT2D eigenvalue weighted by molar-refractivity contribution is -0.297. The van der Waals surface area contributed by atoms with Crippen molar-refractivity contribution in [3.8, 4) is 0 Å². The van der Waals surface area contributed by atoms with Crippen molar-refractivity contribution >= 4 is 5.78 Å². The van der Waals surface area contributed by atoms with Crippen LogP contribution in [0.1, 0.15) is 113 Å². The van der Waals surface area contributed by atoms with Crippen LogP contribution in [0.25, 0.3) is 0 Å². The molecule has 4 heteroatoms. The van der Waals surface area contributed by atoms with E-state index in [-0.39, 0.29) is 27.6 Å². The van der Waals surface area contributed by atoms with Gasteiger partial charge in [0.15, 0.2) is 0 Å². The van der Waals surface area contributed by atoms with Crippen LogP contribution in [0.15, 0.2) is 12.2 Å². The van der Waals surface area contributed by atoms with Crippen LogP contribution in [-0.2, 0) is 9.68 Å². The number of hydrogen-bond donors (Lipinski definition) is 2. The first-order chi connectivity index (χ1) is 15.6. The van der Waals surface area contributed by atoms with E-state index in [9.17, 15) is 9.90 Å². The molecule has 4 saturated carbocycles. The van der Waals surface area contributed by atoms with Gasteiger partial charge in [-0.05, 0) is 112 Å². The molecule has 8 atom stereocenters. The smallest absolute Gasteiger partial charge is 0.138 e. The first-order valence-electron chi connectivity index (χ1n) is 13.8. The molecule has 0 radical (unpaired) electrons. The molecule has 194 valence electrons. The second kappa shape index (κ2) is 8.15. The molecule has 0 heterocycles. The van der Waals surface area contributed by atoms with Gasteiger partial charge < -0.3 is 5.11 Å². The summed E-state index contributed by atoms with van der Waals surface area (Å²) < 4.78 is 0. The van der Waals surface area contributed by atoms with Crippen molar-refractivity contribution in [1.82, 2.24) is 0 Å². The number of aliphatic hydroxyl groups is 1. The molecule has 0 spiro atoms. The first kappa shape index (κ1) is 26.4. The van der Waals surface area contributed by atoms with Gasteiger partial charge in [0.25, 0.3) is 0 Å². The summed E-state index contributed by atoms with van der Waals surface area (Å²) in [6.07, 6.45) is 13.2. The third-order valence-corrected chi connectivity index (χ3v) is 12.2. The SMILES string of the molecule is CC(C)(/C=C/C[C@@](C)(O)[C@H]1CC[C@]2(C)[C@@H]1CC[C@@H]1[C@@]3(C)CCC(=O)C(C)(C)[C@@H]3CC[C@]12C)OO. The van der Waals surface area contributed by atoms with Gasteiger partial charge in [-0.25, -0.2) is 4.89 Å². The van der Waals surface area contributed by atoms with E-state index < -0.39 is 11.2 Å². The molecular weight excluding hydrogens is 424 g/mol. The quantitative estimate of drug-likeness (QED) is 0.251. The maximum absolute atomic E-state index is 12.9. The lowest BCUT2D eigenvalue weighted by atomic mass is 9.35. The van der Waals surface area contributed by atoms with Gasteiger partial charge in [-0.1, -0.05) is 46.8 Å². The van der Waals surface area contributed by atoms with Crippen LogP contribution in [0.3, 0.4) is 0 Å². The van der Waals surface area contributed by atoms with Crippen molar-refractivity contribution in [2.45, 2.75) is 124 Å². The van der Waals surface area contributed by atoms with Crippen LogP contribution in [-0.4, -0.2) is 27.3 Å². The van der Waals surface area contributed by atoms with Crippen LogP contribution in [0, 0.1) is 45.3 Å². The van der Waals surface area contributed by atoms with E-state index in [1.54, 1.807) is 0 Å². The van der Waals surface area contributed by atoms with E-state index in [1.165, 1.54) is 25.7 Å². The third-order valence-electron chi connectivity index (χ3n) is 12.2. The van der Waals surface area contributed by atoms with E-state index in [0.717, 1.165) is 25.7 Å². The van der Waals surface area contributed by atoms with Gasteiger partial charge in [0.1, 0.15) is 11.4 Å². The third kappa shape index (κ3) is 3.68. The van der Waals surface area contributed by atoms with Crippen LogP contribution in [0.2, 0.25) is 0 Å². The molecule has 4 rings (SSSR count). The number of carbonyl (C=O) groups is 1. The summed E-state index contributed by atoms with van der Waals surface area (Å²) in [5, 5.41) is 20.7. The van der Waals surface area contributed by atoms with Gasteiger partial charge in [-0.15, -0.1) is 0 Å². The van der Waals surface area contributed by atoms with E-state index in [2.05, 4.69) is 39.5 Å². The zero-order valence-electron chi connectivity index (χ0n) is 23.0. The predicted octanol–water partition coefficient (Wildman–Crippen LogP) is 7.21. The normalized spacial score (nSPS) is 46.0. The predicted molar refractivity (Wildman–Crippen MR) is 136 cm³/mol. The van der Waals surface area contributed by atoms with Crippen LogP contribution < -0.4 is 0 Å². The molecule has 0 aromatic rings. The van der Waals surface area contributed by atoms with Crippen molar-refractivity contribution < 1.29 is 20.0 Å². The van der Waals surface area contributed by atoms with Crippen LogP contribution >= 0.6 is 0 Å². The Morgan fingerprint density at radius 3 is 2.24 bits per heavy atom.